The van der Waals surface area contributed by atoms with Crippen molar-refractivity contribution in [3.8, 4) is 11.5 Å². The van der Waals surface area contributed by atoms with Gasteiger partial charge >= 0.3 is 0 Å². The first-order valence-corrected chi connectivity index (χ1v) is 8.07. The first-order chi connectivity index (χ1) is 12.6. The molecule has 0 unspecified atom stereocenters. The lowest BCUT2D eigenvalue weighted by molar-refractivity contribution is -0.118. The number of anilines is 1. The van der Waals surface area contributed by atoms with Crippen molar-refractivity contribution in [3.05, 3.63) is 65.9 Å². The molecule has 0 fully saturated rings. The molecule has 7 heteroatoms. The van der Waals surface area contributed by atoms with Crippen LogP contribution in [0.2, 0.25) is 0 Å². The van der Waals surface area contributed by atoms with Crippen LogP contribution in [0.25, 0.3) is 0 Å². The number of aryl methyl sites for hydroxylation is 1. The van der Waals surface area contributed by atoms with Gasteiger partial charge in [-0.15, -0.1) is 10.2 Å². The Morgan fingerprint density at radius 3 is 2.46 bits per heavy atom. The normalized spacial score (nSPS) is 10.4. The van der Waals surface area contributed by atoms with Gasteiger partial charge in [-0.25, -0.2) is 0 Å². The summed E-state index contributed by atoms with van der Waals surface area (Å²) in [5.41, 5.74) is 1.70. The van der Waals surface area contributed by atoms with Crippen LogP contribution >= 0.6 is 0 Å². The lowest BCUT2D eigenvalue weighted by atomic mass is 10.1. The highest BCUT2D eigenvalue weighted by molar-refractivity contribution is 5.91. The monoisotopic (exact) mass is 353 g/mol. The molecule has 2 aromatic carbocycles. The molecule has 3 rings (SSSR count). The van der Waals surface area contributed by atoms with Crippen LogP contribution in [0.1, 0.15) is 17.3 Å². The van der Waals surface area contributed by atoms with Gasteiger partial charge in [0.1, 0.15) is 0 Å². The lowest BCUT2D eigenvalue weighted by Crippen LogP contribution is -2.20. The Balaban J connectivity index is 1.52. The number of ether oxygens (including phenoxy) is 2. The van der Waals surface area contributed by atoms with Crippen LogP contribution in [0.3, 0.4) is 0 Å². The van der Waals surface area contributed by atoms with E-state index in [2.05, 4.69) is 15.5 Å². The first kappa shape index (κ1) is 17.5. The van der Waals surface area contributed by atoms with E-state index in [9.17, 15) is 4.79 Å². The van der Waals surface area contributed by atoms with Crippen LogP contribution in [0.5, 0.6) is 11.5 Å². The van der Waals surface area contributed by atoms with E-state index in [0.717, 1.165) is 5.56 Å². The predicted molar refractivity (Wildman–Crippen MR) is 95.4 cm³/mol. The maximum absolute atomic E-state index is 12.1. The largest absolute Gasteiger partial charge is 0.493 e. The van der Waals surface area contributed by atoms with E-state index in [4.69, 9.17) is 13.9 Å². The van der Waals surface area contributed by atoms with E-state index < -0.39 is 0 Å². The van der Waals surface area contributed by atoms with Crippen LogP contribution in [-0.4, -0.2) is 29.8 Å². The van der Waals surface area contributed by atoms with Crippen LogP contribution < -0.4 is 14.8 Å². The van der Waals surface area contributed by atoms with Gasteiger partial charge in [0.2, 0.25) is 11.8 Å². The molecule has 0 aliphatic carbocycles. The van der Waals surface area contributed by atoms with Gasteiger partial charge in [-0.05, 0) is 29.8 Å². The molecule has 0 saturated heterocycles. The highest BCUT2D eigenvalue weighted by atomic mass is 16.5. The topological polar surface area (TPSA) is 86.5 Å². The fourth-order valence-corrected chi connectivity index (χ4v) is 2.37. The molecule has 0 spiro atoms. The number of amides is 1. The average Bonchev–Trinajstić information content (AvgIpc) is 3.06. The Hall–Kier alpha value is -3.35. The Bertz CT molecular complexity index is 875. The van der Waals surface area contributed by atoms with Crippen molar-refractivity contribution in [2.24, 2.45) is 0 Å². The molecular weight excluding hydrogens is 334 g/mol. The summed E-state index contributed by atoms with van der Waals surface area (Å²) in [6.45, 7) is 1.64. The number of benzene rings is 2. The molecule has 0 aliphatic heterocycles. The molecule has 134 valence electrons. The summed E-state index contributed by atoms with van der Waals surface area (Å²) in [6.07, 6.45) is 0.548. The van der Waals surface area contributed by atoms with E-state index in [1.807, 2.05) is 36.4 Å². The number of hydrogen-bond acceptors (Lipinski definition) is 6. The van der Waals surface area contributed by atoms with Crippen LogP contribution in [0, 0.1) is 6.92 Å². The molecular formula is C19H19N3O4. The van der Waals surface area contributed by atoms with E-state index in [0.29, 0.717) is 35.4 Å². The third-order valence-corrected chi connectivity index (χ3v) is 3.59. The van der Waals surface area contributed by atoms with Crippen LogP contribution in [-0.2, 0) is 11.2 Å². The number of para-hydroxylation sites is 2. The van der Waals surface area contributed by atoms with Gasteiger partial charge in [0.15, 0.2) is 18.1 Å². The minimum atomic E-state index is -0.254. The van der Waals surface area contributed by atoms with E-state index in [1.165, 1.54) is 0 Å². The summed E-state index contributed by atoms with van der Waals surface area (Å²) in [5, 5.41) is 10.6. The number of nitrogens with zero attached hydrogens (tertiary/aromatic N) is 2. The molecule has 26 heavy (non-hydrogen) atoms. The molecule has 0 saturated carbocycles. The number of methoxy groups -OCH3 is 1. The molecule has 1 aromatic heterocycles. The number of aromatic nitrogens is 2. The van der Waals surface area contributed by atoms with Gasteiger partial charge in [0.05, 0.1) is 13.5 Å². The maximum atomic E-state index is 12.1. The predicted octanol–water partition coefficient (Wildman–Crippen LogP) is 2.99. The smallest absolute Gasteiger partial charge is 0.262 e. The number of hydrogen-bond donors (Lipinski definition) is 1. The molecule has 1 N–H and O–H groups in total. The summed E-state index contributed by atoms with van der Waals surface area (Å²) in [6, 6.07) is 14.6. The van der Waals surface area contributed by atoms with Crippen molar-refractivity contribution in [3.63, 3.8) is 0 Å². The zero-order valence-corrected chi connectivity index (χ0v) is 14.6. The summed E-state index contributed by atoms with van der Waals surface area (Å²) < 4.78 is 16.0. The quantitative estimate of drug-likeness (QED) is 0.703. The fourth-order valence-electron chi connectivity index (χ4n) is 2.37. The van der Waals surface area contributed by atoms with Crippen LogP contribution in [0.4, 0.5) is 5.69 Å². The van der Waals surface area contributed by atoms with Crippen molar-refractivity contribution >= 4 is 11.6 Å². The molecule has 0 atom stereocenters. The van der Waals surface area contributed by atoms with E-state index in [1.54, 1.807) is 26.2 Å². The highest BCUT2D eigenvalue weighted by Crippen LogP contribution is 2.25. The van der Waals surface area contributed by atoms with Gasteiger partial charge in [0.25, 0.3) is 5.91 Å². The summed E-state index contributed by atoms with van der Waals surface area (Å²) in [7, 11) is 1.55. The summed E-state index contributed by atoms with van der Waals surface area (Å²) in [5.74, 6) is 1.95. The van der Waals surface area contributed by atoms with Crippen molar-refractivity contribution in [1.82, 2.24) is 10.2 Å². The first-order valence-electron chi connectivity index (χ1n) is 8.07. The van der Waals surface area contributed by atoms with Crippen molar-refractivity contribution < 1.29 is 18.7 Å². The Labute approximate surface area is 151 Å². The second-order valence-electron chi connectivity index (χ2n) is 5.58. The SMILES string of the molecule is COc1ccccc1OCC(=O)Nc1ccc(Cc2nnc(C)o2)cc1. The fraction of sp³-hybridized carbons (Fsp3) is 0.211. The number of nitrogens with one attached hydrogen (secondary N) is 1. The Morgan fingerprint density at radius 2 is 1.81 bits per heavy atom. The third kappa shape index (κ3) is 4.60. The average molecular weight is 353 g/mol. The molecule has 7 nitrogen and oxygen atoms in total. The summed E-state index contributed by atoms with van der Waals surface area (Å²) in [4.78, 5) is 12.1. The molecule has 1 amide bonds. The zero-order chi connectivity index (χ0) is 18.4. The number of carbonyl (C=O) groups excluding carboxylic acids is 1. The zero-order valence-electron chi connectivity index (χ0n) is 14.6. The molecule has 3 aromatic rings. The number of rotatable bonds is 7. The van der Waals surface area contributed by atoms with E-state index in [-0.39, 0.29) is 12.5 Å². The van der Waals surface area contributed by atoms with Gasteiger partial charge < -0.3 is 19.2 Å². The van der Waals surface area contributed by atoms with Gasteiger partial charge in [-0.2, -0.15) is 0 Å². The minimum absolute atomic E-state index is 0.108. The Morgan fingerprint density at radius 1 is 1.08 bits per heavy atom. The maximum Gasteiger partial charge on any atom is 0.262 e. The number of carbonyl (C=O) groups is 1. The molecule has 0 radical (unpaired) electrons. The molecule has 0 bridgehead atoms. The standard InChI is InChI=1S/C19H19N3O4/c1-13-21-22-19(26-13)11-14-7-9-15(10-8-14)20-18(23)12-25-17-6-4-3-5-16(17)24-2/h3-10H,11-12H2,1-2H3,(H,20,23). The van der Waals surface area contributed by atoms with Crippen molar-refractivity contribution in [2.75, 3.05) is 19.0 Å². The van der Waals surface area contributed by atoms with Crippen molar-refractivity contribution in [2.45, 2.75) is 13.3 Å². The van der Waals surface area contributed by atoms with Crippen LogP contribution in [0.15, 0.2) is 52.9 Å². The summed E-state index contributed by atoms with van der Waals surface area (Å²) >= 11 is 0. The van der Waals surface area contributed by atoms with Gasteiger partial charge in [0, 0.05) is 12.6 Å². The molecule has 0 aliphatic rings. The minimum Gasteiger partial charge on any atom is -0.493 e. The Kier molecular flexibility index (Phi) is 5.48. The molecule has 1 heterocycles. The highest BCUT2D eigenvalue weighted by Gasteiger charge is 2.08. The second kappa shape index (κ2) is 8.15. The van der Waals surface area contributed by atoms with Gasteiger partial charge in [-0.3, -0.25) is 4.79 Å². The van der Waals surface area contributed by atoms with Gasteiger partial charge in [-0.1, -0.05) is 24.3 Å². The van der Waals surface area contributed by atoms with E-state index >= 15 is 0 Å². The van der Waals surface area contributed by atoms with Crippen molar-refractivity contribution in [1.29, 1.82) is 0 Å². The third-order valence-electron chi connectivity index (χ3n) is 3.59. The lowest BCUT2D eigenvalue weighted by Gasteiger charge is -2.10. The second-order valence-corrected chi connectivity index (χ2v) is 5.58.